The van der Waals surface area contributed by atoms with E-state index in [1.807, 2.05) is 61.0 Å². The van der Waals surface area contributed by atoms with E-state index in [1.165, 1.54) is 4.88 Å². The zero-order valence-corrected chi connectivity index (χ0v) is 15.0. The van der Waals surface area contributed by atoms with Crippen LogP contribution in [0.4, 0.5) is 0 Å². The van der Waals surface area contributed by atoms with E-state index < -0.39 is 0 Å². The van der Waals surface area contributed by atoms with Gasteiger partial charge < -0.3 is 4.90 Å². The van der Waals surface area contributed by atoms with Crippen LogP contribution in [-0.4, -0.2) is 23.6 Å². The maximum Gasteiger partial charge on any atom is 0.233 e. The number of thiophene rings is 1. The van der Waals surface area contributed by atoms with Crippen LogP contribution < -0.4 is 0 Å². The topological polar surface area (TPSA) is 20.3 Å². The van der Waals surface area contributed by atoms with Crippen LogP contribution in [0, 0.1) is 0 Å². The van der Waals surface area contributed by atoms with Crippen molar-refractivity contribution in [3.05, 3.63) is 63.8 Å². The van der Waals surface area contributed by atoms with Crippen molar-refractivity contribution in [2.24, 2.45) is 0 Å². The number of amides is 1. The van der Waals surface area contributed by atoms with E-state index in [-0.39, 0.29) is 5.91 Å². The number of fused-ring (bicyclic) bond motifs is 1. The van der Waals surface area contributed by atoms with Gasteiger partial charge in [-0.1, -0.05) is 41.9 Å². The van der Waals surface area contributed by atoms with Crippen molar-refractivity contribution in [1.82, 2.24) is 4.90 Å². The summed E-state index contributed by atoms with van der Waals surface area (Å²) in [5.41, 5.74) is 0. The van der Waals surface area contributed by atoms with Gasteiger partial charge in [-0.15, -0.1) is 23.1 Å². The smallest absolute Gasteiger partial charge is 0.233 e. The van der Waals surface area contributed by atoms with Gasteiger partial charge in [0.2, 0.25) is 5.91 Å². The standard InChI is InChI=1S/C18H16ClNOS2/c1-20(11-14-7-4-10-22-14)17(21)12-23-16-9-3-6-13-5-2-8-15(19)18(13)16/h2-10H,11-12H2,1H3. The third kappa shape index (κ3) is 3.89. The van der Waals surface area contributed by atoms with Gasteiger partial charge in [-0.2, -0.15) is 0 Å². The van der Waals surface area contributed by atoms with Gasteiger partial charge in [-0.05, 0) is 29.0 Å². The van der Waals surface area contributed by atoms with Gasteiger partial charge in [0, 0.05) is 27.2 Å². The molecule has 2 aromatic carbocycles. The number of nitrogens with zero attached hydrogens (tertiary/aromatic N) is 1. The van der Waals surface area contributed by atoms with Crippen LogP contribution in [0.3, 0.4) is 0 Å². The predicted octanol–water partition coefficient (Wildman–Crippen LogP) is 5.31. The summed E-state index contributed by atoms with van der Waals surface area (Å²) < 4.78 is 0. The number of carbonyl (C=O) groups excluding carboxylic acids is 1. The maximum absolute atomic E-state index is 12.3. The molecule has 1 aromatic heterocycles. The Kier molecular flexibility index (Phi) is 5.26. The fraction of sp³-hybridized carbons (Fsp3) is 0.167. The SMILES string of the molecule is CN(Cc1cccs1)C(=O)CSc1cccc2cccc(Cl)c12. The molecule has 23 heavy (non-hydrogen) atoms. The quantitative estimate of drug-likeness (QED) is 0.574. The van der Waals surface area contributed by atoms with Crippen LogP contribution in [0.2, 0.25) is 5.02 Å². The molecule has 0 fully saturated rings. The number of rotatable bonds is 5. The molecule has 0 aliphatic heterocycles. The van der Waals surface area contributed by atoms with Crippen LogP contribution in [0.15, 0.2) is 58.8 Å². The minimum atomic E-state index is 0.118. The Hall–Kier alpha value is -1.49. The molecule has 1 amide bonds. The van der Waals surface area contributed by atoms with Gasteiger partial charge in [0.05, 0.1) is 12.3 Å². The first-order chi connectivity index (χ1) is 11.1. The summed E-state index contributed by atoms with van der Waals surface area (Å²) >= 11 is 9.54. The van der Waals surface area contributed by atoms with Crippen LogP contribution in [0.1, 0.15) is 4.88 Å². The number of benzene rings is 2. The molecule has 0 aliphatic carbocycles. The van der Waals surface area contributed by atoms with Crippen molar-refractivity contribution < 1.29 is 4.79 Å². The Balaban J connectivity index is 1.69. The molecule has 0 saturated carbocycles. The summed E-state index contributed by atoms with van der Waals surface area (Å²) in [6, 6.07) is 16.0. The van der Waals surface area contributed by atoms with Crippen molar-refractivity contribution in [2.45, 2.75) is 11.4 Å². The highest BCUT2D eigenvalue weighted by atomic mass is 35.5. The van der Waals surface area contributed by atoms with Gasteiger partial charge >= 0.3 is 0 Å². The van der Waals surface area contributed by atoms with E-state index in [4.69, 9.17) is 11.6 Å². The molecular weight excluding hydrogens is 346 g/mol. The molecule has 0 radical (unpaired) electrons. The minimum absolute atomic E-state index is 0.118. The first kappa shape index (κ1) is 16.4. The number of hydrogen-bond acceptors (Lipinski definition) is 3. The third-order valence-electron chi connectivity index (χ3n) is 3.57. The number of carbonyl (C=O) groups is 1. The molecule has 3 rings (SSSR count). The maximum atomic E-state index is 12.3. The molecule has 2 nitrogen and oxygen atoms in total. The molecule has 0 aliphatic rings. The van der Waals surface area contributed by atoms with E-state index >= 15 is 0 Å². The fourth-order valence-corrected chi connectivity index (χ4v) is 4.50. The summed E-state index contributed by atoms with van der Waals surface area (Å²) in [4.78, 5) is 16.4. The van der Waals surface area contributed by atoms with Gasteiger partial charge in [0.25, 0.3) is 0 Å². The average molecular weight is 362 g/mol. The van der Waals surface area contributed by atoms with Crippen LogP contribution in [0.5, 0.6) is 0 Å². The number of hydrogen-bond donors (Lipinski definition) is 0. The lowest BCUT2D eigenvalue weighted by Gasteiger charge is -2.16. The molecule has 5 heteroatoms. The monoisotopic (exact) mass is 361 g/mol. The van der Waals surface area contributed by atoms with Crippen molar-refractivity contribution >= 4 is 51.4 Å². The minimum Gasteiger partial charge on any atom is -0.340 e. The lowest BCUT2D eigenvalue weighted by Crippen LogP contribution is -2.27. The second-order valence-electron chi connectivity index (χ2n) is 5.21. The summed E-state index contributed by atoms with van der Waals surface area (Å²) in [6.45, 7) is 0.660. The second-order valence-corrected chi connectivity index (χ2v) is 7.67. The Morgan fingerprint density at radius 1 is 1.17 bits per heavy atom. The molecule has 118 valence electrons. The molecule has 0 saturated heterocycles. The number of halogens is 1. The third-order valence-corrected chi connectivity index (χ3v) is 5.78. The molecule has 0 bridgehead atoms. The van der Waals surface area contributed by atoms with E-state index in [0.29, 0.717) is 12.3 Å². The van der Waals surface area contributed by atoms with E-state index in [1.54, 1.807) is 28.0 Å². The molecule has 0 atom stereocenters. The van der Waals surface area contributed by atoms with Crippen molar-refractivity contribution in [1.29, 1.82) is 0 Å². The van der Waals surface area contributed by atoms with E-state index in [9.17, 15) is 4.79 Å². The lowest BCUT2D eigenvalue weighted by atomic mass is 10.1. The van der Waals surface area contributed by atoms with Crippen molar-refractivity contribution in [2.75, 3.05) is 12.8 Å². The van der Waals surface area contributed by atoms with Gasteiger partial charge in [0.15, 0.2) is 0 Å². The predicted molar refractivity (Wildman–Crippen MR) is 100 cm³/mol. The highest BCUT2D eigenvalue weighted by Gasteiger charge is 2.12. The van der Waals surface area contributed by atoms with Crippen molar-refractivity contribution in [3.63, 3.8) is 0 Å². The first-order valence-corrected chi connectivity index (χ1v) is 9.46. The van der Waals surface area contributed by atoms with Gasteiger partial charge in [0.1, 0.15) is 0 Å². The Bertz CT molecular complexity index is 812. The second kappa shape index (κ2) is 7.39. The molecule has 0 N–H and O–H groups in total. The number of thioether (sulfide) groups is 1. The van der Waals surface area contributed by atoms with Crippen LogP contribution in [0.25, 0.3) is 10.8 Å². The Morgan fingerprint density at radius 2 is 1.96 bits per heavy atom. The summed E-state index contributed by atoms with van der Waals surface area (Å²) in [6.07, 6.45) is 0. The Labute approximate surface area is 149 Å². The normalized spacial score (nSPS) is 10.9. The molecule has 0 unspecified atom stereocenters. The molecule has 1 heterocycles. The molecule has 0 spiro atoms. The zero-order valence-electron chi connectivity index (χ0n) is 12.7. The van der Waals surface area contributed by atoms with Crippen molar-refractivity contribution in [3.8, 4) is 0 Å². The lowest BCUT2D eigenvalue weighted by molar-refractivity contribution is -0.127. The Morgan fingerprint density at radius 3 is 2.70 bits per heavy atom. The largest absolute Gasteiger partial charge is 0.340 e. The highest BCUT2D eigenvalue weighted by Crippen LogP contribution is 2.33. The molecular formula is C18H16ClNOS2. The zero-order chi connectivity index (χ0) is 16.2. The van der Waals surface area contributed by atoms with Gasteiger partial charge in [-0.3, -0.25) is 4.79 Å². The summed E-state index contributed by atoms with van der Waals surface area (Å²) in [5, 5.41) is 4.88. The summed E-state index contributed by atoms with van der Waals surface area (Å²) in [7, 11) is 1.85. The van der Waals surface area contributed by atoms with E-state index in [2.05, 4.69) is 0 Å². The average Bonchev–Trinajstić information content (AvgIpc) is 3.05. The van der Waals surface area contributed by atoms with E-state index in [0.717, 1.165) is 20.7 Å². The first-order valence-electron chi connectivity index (χ1n) is 7.21. The van der Waals surface area contributed by atoms with Crippen LogP contribution >= 0.6 is 34.7 Å². The fourth-order valence-electron chi connectivity index (χ4n) is 2.36. The molecule has 3 aromatic rings. The van der Waals surface area contributed by atoms with Crippen LogP contribution in [-0.2, 0) is 11.3 Å². The summed E-state index contributed by atoms with van der Waals surface area (Å²) in [5.74, 6) is 0.527. The highest BCUT2D eigenvalue weighted by molar-refractivity contribution is 8.00. The van der Waals surface area contributed by atoms with Gasteiger partial charge in [-0.25, -0.2) is 0 Å².